The number of hydrogen-bond acceptors (Lipinski definition) is 3. The maximum absolute atomic E-state index is 12.2. The summed E-state index contributed by atoms with van der Waals surface area (Å²) in [5.41, 5.74) is -0.882. The third-order valence-electron chi connectivity index (χ3n) is 3.57. The van der Waals surface area contributed by atoms with Gasteiger partial charge in [0, 0.05) is 33.1 Å². The number of nitrogens with zero attached hydrogens (tertiary/aromatic N) is 2. The second-order valence-electron chi connectivity index (χ2n) is 5.83. The van der Waals surface area contributed by atoms with Crippen LogP contribution >= 0.6 is 0 Å². The highest BCUT2D eigenvalue weighted by molar-refractivity contribution is 5.91. The van der Waals surface area contributed by atoms with Crippen molar-refractivity contribution in [3.63, 3.8) is 0 Å². The lowest BCUT2D eigenvalue weighted by atomic mass is 9.98. The van der Waals surface area contributed by atoms with Crippen LogP contribution in [0.1, 0.15) is 27.2 Å². The molecule has 0 bridgehead atoms. The molecule has 2 N–H and O–H groups in total. The molecule has 114 valence electrons. The molecule has 20 heavy (non-hydrogen) atoms. The molecule has 0 saturated carbocycles. The van der Waals surface area contributed by atoms with E-state index >= 15 is 0 Å². The molecule has 1 atom stereocenters. The molecule has 0 spiro atoms. The minimum absolute atomic E-state index is 0.00530. The van der Waals surface area contributed by atoms with Crippen molar-refractivity contribution in [1.29, 1.82) is 0 Å². The largest absolute Gasteiger partial charge is 0.481 e. The van der Waals surface area contributed by atoms with Crippen molar-refractivity contribution in [2.45, 2.75) is 32.7 Å². The van der Waals surface area contributed by atoms with E-state index in [4.69, 9.17) is 5.11 Å². The Balaban J connectivity index is 2.59. The lowest BCUT2D eigenvalue weighted by Gasteiger charge is -2.44. The zero-order chi connectivity index (χ0) is 15.5. The van der Waals surface area contributed by atoms with Gasteiger partial charge in [-0.2, -0.15) is 0 Å². The standard InChI is InChI=1S/C13H23N3O4/c1-9(7-10(17)18)8-14-12(20)16-6-5-15(4)11(19)13(16,2)3/h9H,5-8H2,1-4H3,(H,14,20)(H,17,18). The molecular formula is C13H23N3O4. The Morgan fingerprint density at radius 3 is 2.55 bits per heavy atom. The summed E-state index contributed by atoms with van der Waals surface area (Å²) in [5.74, 6) is -1.14. The lowest BCUT2D eigenvalue weighted by molar-refractivity contribution is -0.144. The third-order valence-corrected chi connectivity index (χ3v) is 3.57. The van der Waals surface area contributed by atoms with Gasteiger partial charge in [0.2, 0.25) is 5.91 Å². The smallest absolute Gasteiger partial charge is 0.318 e. The molecule has 0 aromatic carbocycles. The summed E-state index contributed by atoms with van der Waals surface area (Å²) in [6, 6.07) is -0.325. The molecule has 3 amide bonds. The number of carboxylic acid groups (broad SMARTS) is 1. The van der Waals surface area contributed by atoms with E-state index in [1.807, 2.05) is 0 Å². The minimum Gasteiger partial charge on any atom is -0.481 e. The number of carboxylic acids is 1. The van der Waals surface area contributed by atoms with Crippen LogP contribution in [-0.4, -0.2) is 65.0 Å². The maximum atomic E-state index is 12.2. The Hall–Kier alpha value is -1.79. The third kappa shape index (κ3) is 3.61. The predicted octanol–water partition coefficient (Wildman–Crippen LogP) is 0.359. The molecule has 1 unspecified atom stereocenters. The quantitative estimate of drug-likeness (QED) is 0.780. The van der Waals surface area contributed by atoms with Crippen molar-refractivity contribution in [3.05, 3.63) is 0 Å². The Morgan fingerprint density at radius 1 is 1.40 bits per heavy atom. The molecule has 1 fully saturated rings. The topological polar surface area (TPSA) is 90.0 Å². The van der Waals surface area contributed by atoms with Gasteiger partial charge in [-0.3, -0.25) is 9.59 Å². The average Bonchev–Trinajstić information content (AvgIpc) is 2.32. The molecule has 1 aliphatic rings. The highest BCUT2D eigenvalue weighted by Crippen LogP contribution is 2.21. The fourth-order valence-corrected chi connectivity index (χ4v) is 2.30. The summed E-state index contributed by atoms with van der Waals surface area (Å²) >= 11 is 0. The Bertz CT molecular complexity index is 408. The van der Waals surface area contributed by atoms with Crippen molar-refractivity contribution in [2.24, 2.45) is 5.92 Å². The number of amides is 3. The van der Waals surface area contributed by atoms with Crippen LogP contribution in [0.25, 0.3) is 0 Å². The van der Waals surface area contributed by atoms with Crippen molar-refractivity contribution in [3.8, 4) is 0 Å². The minimum atomic E-state index is -0.887. The monoisotopic (exact) mass is 285 g/mol. The van der Waals surface area contributed by atoms with Crippen molar-refractivity contribution in [2.75, 3.05) is 26.7 Å². The summed E-state index contributed by atoms with van der Waals surface area (Å²) in [7, 11) is 1.72. The molecule has 7 nitrogen and oxygen atoms in total. The van der Waals surface area contributed by atoms with Gasteiger partial charge in [0.05, 0.1) is 0 Å². The average molecular weight is 285 g/mol. The van der Waals surface area contributed by atoms with Crippen LogP contribution in [0.2, 0.25) is 0 Å². The Kier molecular flexibility index (Phi) is 4.97. The number of carbonyl (C=O) groups is 3. The first kappa shape index (κ1) is 16.3. The van der Waals surface area contributed by atoms with Crippen LogP contribution in [0.15, 0.2) is 0 Å². The lowest BCUT2D eigenvalue weighted by Crippen LogP contribution is -2.65. The van der Waals surface area contributed by atoms with Crippen LogP contribution in [0.5, 0.6) is 0 Å². The normalized spacial score (nSPS) is 19.7. The van der Waals surface area contributed by atoms with E-state index in [0.717, 1.165) is 0 Å². The van der Waals surface area contributed by atoms with Crippen LogP contribution < -0.4 is 5.32 Å². The highest BCUT2D eigenvalue weighted by Gasteiger charge is 2.42. The Morgan fingerprint density at radius 2 is 2.00 bits per heavy atom. The van der Waals surface area contributed by atoms with E-state index in [0.29, 0.717) is 13.1 Å². The zero-order valence-corrected chi connectivity index (χ0v) is 12.5. The summed E-state index contributed by atoms with van der Waals surface area (Å²) < 4.78 is 0. The number of likely N-dealkylation sites (N-methyl/N-ethyl adjacent to an activating group) is 1. The van der Waals surface area contributed by atoms with E-state index in [-0.39, 0.29) is 30.8 Å². The fraction of sp³-hybridized carbons (Fsp3) is 0.769. The maximum Gasteiger partial charge on any atom is 0.318 e. The second-order valence-corrected chi connectivity index (χ2v) is 5.83. The number of carbonyl (C=O) groups excluding carboxylic acids is 2. The molecule has 1 saturated heterocycles. The van der Waals surface area contributed by atoms with Gasteiger partial charge in [0.25, 0.3) is 0 Å². The molecule has 1 rings (SSSR count). The van der Waals surface area contributed by atoms with Crippen molar-refractivity contribution in [1.82, 2.24) is 15.1 Å². The van der Waals surface area contributed by atoms with Gasteiger partial charge in [0.15, 0.2) is 0 Å². The summed E-state index contributed by atoms with van der Waals surface area (Å²) in [6.45, 7) is 6.43. The van der Waals surface area contributed by atoms with Gasteiger partial charge in [-0.25, -0.2) is 4.79 Å². The van der Waals surface area contributed by atoms with Gasteiger partial charge in [-0.1, -0.05) is 6.92 Å². The van der Waals surface area contributed by atoms with Gasteiger partial charge in [-0.05, 0) is 19.8 Å². The number of urea groups is 1. The summed E-state index contributed by atoms with van der Waals surface area (Å²) in [6.07, 6.45) is 0.00530. The summed E-state index contributed by atoms with van der Waals surface area (Å²) in [4.78, 5) is 37.9. The first-order valence-corrected chi connectivity index (χ1v) is 6.69. The molecule has 0 aliphatic carbocycles. The number of hydrogen-bond donors (Lipinski definition) is 2. The molecule has 1 aliphatic heterocycles. The number of rotatable bonds is 4. The number of aliphatic carboxylic acids is 1. The van der Waals surface area contributed by atoms with Crippen LogP contribution in [0, 0.1) is 5.92 Å². The molecule has 7 heteroatoms. The molecule has 0 radical (unpaired) electrons. The fourth-order valence-electron chi connectivity index (χ4n) is 2.30. The van der Waals surface area contributed by atoms with E-state index < -0.39 is 11.5 Å². The van der Waals surface area contributed by atoms with Gasteiger partial charge in [0.1, 0.15) is 5.54 Å². The predicted molar refractivity (Wildman–Crippen MR) is 73.2 cm³/mol. The Labute approximate surface area is 118 Å². The van der Waals surface area contributed by atoms with E-state index in [1.165, 1.54) is 4.90 Å². The zero-order valence-electron chi connectivity index (χ0n) is 12.5. The first-order valence-electron chi connectivity index (χ1n) is 6.69. The molecule has 0 aromatic heterocycles. The van der Waals surface area contributed by atoms with E-state index in [1.54, 1.807) is 32.7 Å². The highest BCUT2D eigenvalue weighted by atomic mass is 16.4. The van der Waals surface area contributed by atoms with Gasteiger partial charge in [-0.15, -0.1) is 0 Å². The molecule has 0 aromatic rings. The van der Waals surface area contributed by atoms with Gasteiger partial charge < -0.3 is 20.2 Å². The van der Waals surface area contributed by atoms with Gasteiger partial charge >= 0.3 is 12.0 Å². The van der Waals surface area contributed by atoms with E-state index in [2.05, 4.69) is 5.32 Å². The number of piperazine rings is 1. The van der Waals surface area contributed by atoms with Crippen LogP contribution in [0.4, 0.5) is 4.79 Å². The van der Waals surface area contributed by atoms with Crippen molar-refractivity contribution >= 4 is 17.9 Å². The first-order chi connectivity index (χ1) is 9.16. The number of nitrogens with one attached hydrogen (secondary N) is 1. The SMILES string of the molecule is CC(CNC(=O)N1CCN(C)C(=O)C1(C)C)CC(=O)O. The van der Waals surface area contributed by atoms with Crippen LogP contribution in [-0.2, 0) is 9.59 Å². The van der Waals surface area contributed by atoms with E-state index in [9.17, 15) is 14.4 Å². The van der Waals surface area contributed by atoms with Crippen molar-refractivity contribution < 1.29 is 19.5 Å². The second kappa shape index (κ2) is 6.11. The summed E-state index contributed by atoms with van der Waals surface area (Å²) in [5, 5.41) is 11.4. The molecule has 1 heterocycles. The molecular weight excluding hydrogens is 262 g/mol. The van der Waals surface area contributed by atoms with Crippen LogP contribution in [0.3, 0.4) is 0 Å².